The molecule has 0 radical (unpaired) electrons. The number of halogens is 2. The second-order valence-electron chi connectivity index (χ2n) is 4.29. The summed E-state index contributed by atoms with van der Waals surface area (Å²) < 4.78 is 0.838. The Kier molecular flexibility index (Phi) is 4.67. The van der Waals surface area contributed by atoms with Crippen molar-refractivity contribution in [3.05, 3.63) is 39.1 Å². The van der Waals surface area contributed by atoms with Gasteiger partial charge in [-0.25, -0.2) is 0 Å². The van der Waals surface area contributed by atoms with Gasteiger partial charge in [-0.05, 0) is 24.6 Å². The molecule has 0 aliphatic carbocycles. The molecule has 0 aliphatic heterocycles. The molecule has 0 bridgehead atoms. The Balaban J connectivity index is 2.20. The van der Waals surface area contributed by atoms with Gasteiger partial charge in [-0.15, -0.1) is 0 Å². The average molecular weight is 358 g/mol. The number of carbonyl (C=O) groups is 1. The van der Waals surface area contributed by atoms with Crippen molar-refractivity contribution in [2.75, 3.05) is 11.1 Å². The van der Waals surface area contributed by atoms with Gasteiger partial charge >= 0.3 is 0 Å². The van der Waals surface area contributed by atoms with E-state index < -0.39 is 0 Å². The molecule has 5 nitrogen and oxygen atoms in total. The van der Waals surface area contributed by atoms with Crippen LogP contribution in [-0.4, -0.2) is 16.1 Å². The molecule has 0 saturated carbocycles. The van der Waals surface area contributed by atoms with E-state index in [1.165, 1.54) is 0 Å². The highest BCUT2D eigenvalue weighted by atomic mass is 79.9. The molecule has 2 aromatic rings. The van der Waals surface area contributed by atoms with Crippen molar-refractivity contribution in [2.24, 2.45) is 0 Å². The molecule has 1 aromatic heterocycles. The fourth-order valence-corrected chi connectivity index (χ4v) is 2.49. The number of hydrogen-bond donors (Lipinski definition) is 3. The lowest BCUT2D eigenvalue weighted by Crippen LogP contribution is -2.14. The summed E-state index contributed by atoms with van der Waals surface area (Å²) >= 11 is 9.36. The van der Waals surface area contributed by atoms with Crippen LogP contribution >= 0.6 is 27.5 Å². The summed E-state index contributed by atoms with van der Waals surface area (Å²) in [7, 11) is 0. The highest BCUT2D eigenvalue weighted by Gasteiger charge is 2.17. The van der Waals surface area contributed by atoms with E-state index in [1.54, 1.807) is 18.2 Å². The maximum absolute atomic E-state index is 12.1. The van der Waals surface area contributed by atoms with Gasteiger partial charge in [-0.3, -0.25) is 9.89 Å². The van der Waals surface area contributed by atoms with Gasteiger partial charge in [0.15, 0.2) is 5.69 Å². The van der Waals surface area contributed by atoms with Gasteiger partial charge in [0.25, 0.3) is 5.91 Å². The van der Waals surface area contributed by atoms with E-state index in [2.05, 4.69) is 31.4 Å². The summed E-state index contributed by atoms with van der Waals surface area (Å²) in [6.45, 7) is 2.03. The number of aryl methyl sites for hydroxylation is 1. The third kappa shape index (κ3) is 3.13. The van der Waals surface area contributed by atoms with Crippen LogP contribution in [-0.2, 0) is 6.42 Å². The highest BCUT2D eigenvalue weighted by molar-refractivity contribution is 9.10. The Bertz CT molecular complexity index is 641. The van der Waals surface area contributed by atoms with Crippen molar-refractivity contribution in [1.29, 1.82) is 0 Å². The lowest BCUT2D eigenvalue weighted by Gasteiger charge is -2.06. The minimum Gasteiger partial charge on any atom is -0.395 e. The van der Waals surface area contributed by atoms with Crippen molar-refractivity contribution in [3.63, 3.8) is 0 Å². The summed E-state index contributed by atoms with van der Waals surface area (Å²) in [6.07, 6.45) is 1.68. The van der Waals surface area contributed by atoms with Crippen molar-refractivity contribution >= 4 is 44.8 Å². The van der Waals surface area contributed by atoms with Crippen LogP contribution in [0.3, 0.4) is 0 Å². The van der Waals surface area contributed by atoms with Crippen molar-refractivity contribution in [2.45, 2.75) is 19.8 Å². The normalized spacial score (nSPS) is 10.6. The quantitative estimate of drug-likeness (QED) is 0.781. The van der Waals surface area contributed by atoms with Gasteiger partial charge < -0.3 is 11.1 Å². The Morgan fingerprint density at radius 2 is 2.30 bits per heavy atom. The van der Waals surface area contributed by atoms with Crippen LogP contribution in [0.1, 0.15) is 29.5 Å². The predicted molar refractivity (Wildman–Crippen MR) is 84.1 cm³/mol. The van der Waals surface area contributed by atoms with E-state index in [1.807, 2.05) is 6.92 Å². The lowest BCUT2D eigenvalue weighted by atomic mass is 10.2. The van der Waals surface area contributed by atoms with Gasteiger partial charge in [0.05, 0.1) is 22.1 Å². The lowest BCUT2D eigenvalue weighted by molar-refractivity contribution is 0.102. The largest absolute Gasteiger partial charge is 0.395 e. The molecule has 1 heterocycles. The van der Waals surface area contributed by atoms with E-state index in [0.717, 1.165) is 23.0 Å². The minimum absolute atomic E-state index is 0.187. The van der Waals surface area contributed by atoms with Gasteiger partial charge in [0.2, 0.25) is 0 Å². The third-order valence-corrected chi connectivity index (χ3v) is 3.58. The highest BCUT2D eigenvalue weighted by Crippen LogP contribution is 2.26. The van der Waals surface area contributed by atoms with E-state index in [0.29, 0.717) is 16.4 Å². The fraction of sp³-hybridized carbons (Fsp3) is 0.231. The van der Waals surface area contributed by atoms with Crippen LogP contribution in [0.25, 0.3) is 0 Å². The molecule has 0 unspecified atom stereocenters. The number of aromatic nitrogens is 2. The molecule has 0 spiro atoms. The maximum Gasteiger partial charge on any atom is 0.278 e. The minimum atomic E-state index is -0.384. The number of nitrogen functional groups attached to an aromatic ring is 1. The van der Waals surface area contributed by atoms with Gasteiger partial charge in [-0.1, -0.05) is 40.9 Å². The molecule has 1 amide bonds. The second-order valence-corrected chi connectivity index (χ2v) is 5.62. The molecule has 4 N–H and O–H groups in total. The number of nitrogens with two attached hydrogens (primary N) is 1. The van der Waals surface area contributed by atoms with Crippen molar-refractivity contribution in [1.82, 2.24) is 10.2 Å². The summed E-state index contributed by atoms with van der Waals surface area (Å²) in [5, 5.41) is 9.89. The predicted octanol–water partition coefficient (Wildman–Crippen LogP) is 3.61. The molecule has 1 aromatic carbocycles. The van der Waals surface area contributed by atoms with Gasteiger partial charge in [0, 0.05) is 4.47 Å². The monoisotopic (exact) mass is 356 g/mol. The number of nitrogens with one attached hydrogen (secondary N) is 2. The first-order chi connectivity index (χ1) is 9.52. The molecule has 2 rings (SSSR count). The molecule has 0 atom stereocenters. The number of benzene rings is 1. The first-order valence-corrected chi connectivity index (χ1v) is 7.29. The number of aromatic amines is 1. The number of hydrogen-bond acceptors (Lipinski definition) is 3. The number of nitrogens with zero attached hydrogens (tertiary/aromatic N) is 1. The first kappa shape index (κ1) is 14.9. The number of anilines is 2. The second kappa shape index (κ2) is 6.28. The smallest absolute Gasteiger partial charge is 0.278 e. The number of amides is 1. The summed E-state index contributed by atoms with van der Waals surface area (Å²) in [5.74, 6) is -0.384. The zero-order chi connectivity index (χ0) is 14.7. The van der Waals surface area contributed by atoms with E-state index in [9.17, 15) is 4.79 Å². The zero-order valence-corrected chi connectivity index (χ0v) is 13.2. The molecule has 7 heteroatoms. The Morgan fingerprint density at radius 1 is 1.55 bits per heavy atom. The Labute approximate surface area is 130 Å². The number of rotatable bonds is 4. The van der Waals surface area contributed by atoms with Crippen LogP contribution in [0.15, 0.2) is 22.7 Å². The van der Waals surface area contributed by atoms with Gasteiger partial charge in [-0.2, -0.15) is 5.10 Å². The fourth-order valence-electron chi connectivity index (χ4n) is 1.77. The van der Waals surface area contributed by atoms with E-state index in [-0.39, 0.29) is 11.6 Å². The van der Waals surface area contributed by atoms with E-state index in [4.69, 9.17) is 17.3 Å². The summed E-state index contributed by atoms with van der Waals surface area (Å²) in [4.78, 5) is 12.1. The molecule has 20 heavy (non-hydrogen) atoms. The molecule has 0 aliphatic rings. The van der Waals surface area contributed by atoms with Crippen LogP contribution < -0.4 is 11.1 Å². The number of carbonyl (C=O) groups excluding carboxylic acids is 1. The summed E-state index contributed by atoms with van der Waals surface area (Å²) in [6, 6.07) is 5.20. The average Bonchev–Trinajstić information content (AvgIpc) is 2.75. The van der Waals surface area contributed by atoms with Crippen molar-refractivity contribution < 1.29 is 4.79 Å². The van der Waals surface area contributed by atoms with Crippen LogP contribution in [0.4, 0.5) is 11.4 Å². The SMILES string of the molecule is CCCc1[nH]nc(C(=O)Nc2ccc(Br)cc2Cl)c1N. The third-order valence-electron chi connectivity index (χ3n) is 2.78. The van der Waals surface area contributed by atoms with E-state index >= 15 is 0 Å². The number of H-pyrrole nitrogens is 1. The Hall–Kier alpha value is -1.53. The zero-order valence-electron chi connectivity index (χ0n) is 10.8. The Morgan fingerprint density at radius 3 is 2.95 bits per heavy atom. The van der Waals surface area contributed by atoms with Crippen LogP contribution in [0.5, 0.6) is 0 Å². The van der Waals surface area contributed by atoms with Gasteiger partial charge in [0.1, 0.15) is 0 Å². The first-order valence-electron chi connectivity index (χ1n) is 6.12. The topological polar surface area (TPSA) is 83.8 Å². The molecular formula is C13H14BrClN4O. The molecule has 106 valence electrons. The standard InChI is InChI=1S/C13H14BrClN4O/c1-2-3-10-11(16)12(19-18-10)13(20)17-9-5-4-7(14)6-8(9)15/h4-6H,2-3,16H2,1H3,(H,17,20)(H,18,19). The molecular weight excluding hydrogens is 344 g/mol. The summed E-state index contributed by atoms with van der Waals surface area (Å²) in [5.41, 5.74) is 7.78. The van der Waals surface area contributed by atoms with Crippen LogP contribution in [0.2, 0.25) is 5.02 Å². The maximum atomic E-state index is 12.1. The molecule has 0 fully saturated rings. The van der Waals surface area contributed by atoms with Crippen LogP contribution in [0, 0.1) is 0 Å². The van der Waals surface area contributed by atoms with Crippen molar-refractivity contribution in [3.8, 4) is 0 Å². The molecule has 0 saturated heterocycles.